The lowest BCUT2D eigenvalue weighted by molar-refractivity contribution is -0.870. The van der Waals surface area contributed by atoms with E-state index in [1.165, 1.54) is 103 Å². The van der Waals surface area contributed by atoms with Crippen molar-refractivity contribution in [1.29, 1.82) is 0 Å². The van der Waals surface area contributed by atoms with Gasteiger partial charge in [-0.2, -0.15) is 0 Å². The minimum absolute atomic E-state index is 0.0157. The van der Waals surface area contributed by atoms with Gasteiger partial charge in [-0.05, 0) is 51.4 Å². The Morgan fingerprint density at radius 1 is 0.585 bits per heavy atom. The van der Waals surface area contributed by atoms with Gasteiger partial charge in [-0.25, -0.2) is 0 Å². The molecule has 0 N–H and O–H groups in total. The van der Waals surface area contributed by atoms with Gasteiger partial charge in [0.15, 0.2) is 0 Å². The van der Waals surface area contributed by atoms with E-state index in [9.17, 15) is 14.3 Å². The van der Waals surface area contributed by atoms with Crippen molar-refractivity contribution in [2.75, 3.05) is 54.1 Å². The standard InChI is InChI=1S/C44H82NO7P/c1-6-8-10-12-14-16-18-20-22-23-24-25-27-29-31-33-35-37-44(46)52-43(42-51-53(47,48)50-40-38-45(3,4)5)41-49-39-36-34-32-30-28-26-21-19-17-15-13-11-9-7-2/h14,16,20,22,24-25,29,31,43H,6-13,15,17-19,21,23,26-28,30,32-42H2,1-5H3/b16-14-,22-20-,25-24-,31-29-. The van der Waals surface area contributed by atoms with E-state index in [2.05, 4.69) is 62.5 Å². The zero-order valence-electron chi connectivity index (χ0n) is 35.0. The summed E-state index contributed by atoms with van der Waals surface area (Å²) >= 11 is 0. The second-order valence-corrected chi connectivity index (χ2v) is 16.8. The highest BCUT2D eigenvalue weighted by molar-refractivity contribution is 7.45. The van der Waals surface area contributed by atoms with E-state index in [1.54, 1.807) is 0 Å². The Morgan fingerprint density at radius 3 is 1.55 bits per heavy atom. The third kappa shape index (κ3) is 41.5. The van der Waals surface area contributed by atoms with Crippen molar-refractivity contribution in [3.05, 3.63) is 48.6 Å². The van der Waals surface area contributed by atoms with Gasteiger partial charge < -0.3 is 27.9 Å². The molecule has 0 aromatic carbocycles. The van der Waals surface area contributed by atoms with E-state index >= 15 is 0 Å². The fraction of sp³-hybridized carbons (Fsp3) is 0.795. The summed E-state index contributed by atoms with van der Waals surface area (Å²) < 4.78 is 34.5. The summed E-state index contributed by atoms with van der Waals surface area (Å²) in [7, 11) is 1.32. The molecule has 0 saturated carbocycles. The lowest BCUT2D eigenvalue weighted by Gasteiger charge is -2.28. The van der Waals surface area contributed by atoms with Gasteiger partial charge >= 0.3 is 5.97 Å². The molecule has 8 nitrogen and oxygen atoms in total. The average Bonchev–Trinajstić information content (AvgIpc) is 3.11. The molecule has 0 heterocycles. The predicted molar refractivity (Wildman–Crippen MR) is 222 cm³/mol. The van der Waals surface area contributed by atoms with Gasteiger partial charge in [-0.15, -0.1) is 0 Å². The fourth-order valence-corrected chi connectivity index (χ4v) is 6.27. The minimum Gasteiger partial charge on any atom is -0.756 e. The Labute approximate surface area is 327 Å². The maximum atomic E-state index is 12.6. The van der Waals surface area contributed by atoms with E-state index in [1.807, 2.05) is 21.1 Å². The van der Waals surface area contributed by atoms with Gasteiger partial charge in [-0.3, -0.25) is 9.36 Å². The first kappa shape index (κ1) is 51.5. The molecule has 53 heavy (non-hydrogen) atoms. The summed E-state index contributed by atoms with van der Waals surface area (Å²) in [6.45, 7) is 5.31. The molecular formula is C44H82NO7P. The maximum absolute atomic E-state index is 12.6. The summed E-state index contributed by atoms with van der Waals surface area (Å²) in [5, 5.41) is 0. The summed E-state index contributed by atoms with van der Waals surface area (Å²) in [4.78, 5) is 25.0. The van der Waals surface area contributed by atoms with E-state index in [4.69, 9.17) is 18.5 Å². The van der Waals surface area contributed by atoms with Crippen LogP contribution in [0.25, 0.3) is 0 Å². The lowest BCUT2D eigenvalue weighted by atomic mass is 10.0. The average molecular weight is 768 g/mol. The van der Waals surface area contributed by atoms with Crippen LogP contribution in [0, 0.1) is 0 Å². The number of quaternary nitrogens is 1. The first-order chi connectivity index (χ1) is 25.6. The van der Waals surface area contributed by atoms with Crippen LogP contribution in [-0.4, -0.2) is 70.7 Å². The molecule has 0 aliphatic rings. The topological polar surface area (TPSA) is 94.1 Å². The van der Waals surface area contributed by atoms with E-state index in [0.717, 1.165) is 38.5 Å². The number of unbranched alkanes of at least 4 members (excludes halogenated alkanes) is 17. The zero-order chi connectivity index (χ0) is 39.1. The predicted octanol–water partition coefficient (Wildman–Crippen LogP) is 11.7. The molecule has 0 spiro atoms. The van der Waals surface area contributed by atoms with Crippen molar-refractivity contribution in [3.8, 4) is 0 Å². The van der Waals surface area contributed by atoms with Crippen LogP contribution in [0.4, 0.5) is 0 Å². The summed E-state index contributed by atoms with van der Waals surface area (Å²) in [5.74, 6) is -0.388. The molecule has 310 valence electrons. The van der Waals surface area contributed by atoms with Crippen LogP contribution in [0.15, 0.2) is 48.6 Å². The van der Waals surface area contributed by atoms with Crippen LogP contribution in [-0.2, 0) is 27.9 Å². The lowest BCUT2D eigenvalue weighted by Crippen LogP contribution is -2.37. The Hall–Kier alpha value is -1.54. The third-order valence-corrected chi connectivity index (χ3v) is 9.85. The monoisotopic (exact) mass is 768 g/mol. The highest BCUT2D eigenvalue weighted by atomic mass is 31.2. The van der Waals surface area contributed by atoms with Crippen molar-refractivity contribution in [2.45, 2.75) is 174 Å². The number of likely N-dealkylation sites (N-methyl/N-ethyl adjacent to an activating group) is 1. The molecule has 0 amide bonds. The quantitative estimate of drug-likeness (QED) is 0.0202. The smallest absolute Gasteiger partial charge is 0.306 e. The number of allylic oxidation sites excluding steroid dienone is 8. The van der Waals surface area contributed by atoms with Gasteiger partial charge in [0.25, 0.3) is 7.82 Å². The van der Waals surface area contributed by atoms with Gasteiger partial charge in [0.1, 0.15) is 19.3 Å². The molecule has 2 atom stereocenters. The number of rotatable bonds is 39. The van der Waals surface area contributed by atoms with Crippen LogP contribution in [0.5, 0.6) is 0 Å². The Bertz CT molecular complexity index is 989. The van der Waals surface area contributed by atoms with Gasteiger partial charge in [0.2, 0.25) is 0 Å². The first-order valence-electron chi connectivity index (χ1n) is 21.4. The van der Waals surface area contributed by atoms with Crippen LogP contribution in [0.2, 0.25) is 0 Å². The minimum atomic E-state index is -4.54. The highest BCUT2D eigenvalue weighted by Crippen LogP contribution is 2.38. The molecule has 0 aliphatic heterocycles. The number of hydrogen-bond acceptors (Lipinski definition) is 7. The number of carbonyl (C=O) groups is 1. The van der Waals surface area contributed by atoms with Crippen LogP contribution >= 0.6 is 7.82 Å². The van der Waals surface area contributed by atoms with Crippen molar-refractivity contribution < 1.29 is 37.3 Å². The fourth-order valence-electron chi connectivity index (χ4n) is 5.54. The highest BCUT2D eigenvalue weighted by Gasteiger charge is 2.20. The molecule has 2 unspecified atom stereocenters. The van der Waals surface area contributed by atoms with Crippen molar-refractivity contribution >= 4 is 13.8 Å². The van der Waals surface area contributed by atoms with Crippen LogP contribution < -0.4 is 4.89 Å². The van der Waals surface area contributed by atoms with Crippen molar-refractivity contribution in [3.63, 3.8) is 0 Å². The second-order valence-electron chi connectivity index (χ2n) is 15.4. The number of nitrogens with zero attached hydrogens (tertiary/aromatic N) is 1. The molecule has 0 aromatic heterocycles. The van der Waals surface area contributed by atoms with Gasteiger partial charge in [0, 0.05) is 13.0 Å². The zero-order valence-corrected chi connectivity index (χ0v) is 35.8. The molecule has 0 fully saturated rings. The largest absolute Gasteiger partial charge is 0.756 e. The first-order valence-corrected chi connectivity index (χ1v) is 22.8. The van der Waals surface area contributed by atoms with Gasteiger partial charge in [0.05, 0.1) is 34.4 Å². The molecular weight excluding hydrogens is 685 g/mol. The number of esters is 1. The SMILES string of the molecule is CCCCC/C=C\C/C=C\C/C=C\C/C=C\CCCC(=O)OC(COCCCCCCCCCCCCCCCC)COP(=O)([O-])OCC[N+](C)(C)C. The summed E-state index contributed by atoms with van der Waals surface area (Å²) in [6.07, 6.45) is 44.1. The van der Waals surface area contributed by atoms with Gasteiger partial charge in [-0.1, -0.05) is 159 Å². The third-order valence-electron chi connectivity index (χ3n) is 8.88. The van der Waals surface area contributed by atoms with E-state index in [0.29, 0.717) is 24.1 Å². The van der Waals surface area contributed by atoms with Crippen LogP contribution in [0.1, 0.15) is 168 Å². The Balaban J connectivity index is 4.36. The Morgan fingerprint density at radius 2 is 1.04 bits per heavy atom. The summed E-state index contributed by atoms with van der Waals surface area (Å²) in [6, 6.07) is 0. The second kappa shape index (κ2) is 37.4. The molecule has 0 radical (unpaired) electrons. The van der Waals surface area contributed by atoms with E-state index in [-0.39, 0.29) is 32.2 Å². The normalized spacial score (nSPS) is 14.3. The number of carbonyl (C=O) groups excluding carboxylic acids is 1. The molecule has 0 rings (SSSR count). The van der Waals surface area contributed by atoms with Crippen molar-refractivity contribution in [2.24, 2.45) is 0 Å². The molecule has 0 saturated heterocycles. The van der Waals surface area contributed by atoms with Crippen LogP contribution in [0.3, 0.4) is 0 Å². The van der Waals surface area contributed by atoms with Crippen molar-refractivity contribution in [1.82, 2.24) is 0 Å². The summed E-state index contributed by atoms with van der Waals surface area (Å²) in [5.41, 5.74) is 0. The number of hydrogen-bond donors (Lipinski definition) is 0. The maximum Gasteiger partial charge on any atom is 0.306 e. The molecule has 9 heteroatoms. The molecule has 0 aliphatic carbocycles. The molecule has 0 aromatic rings. The number of ether oxygens (including phenoxy) is 2. The number of phosphoric ester groups is 1. The Kier molecular flexibility index (Phi) is 36.3. The number of phosphoric acid groups is 1. The van der Waals surface area contributed by atoms with E-state index < -0.39 is 13.9 Å². The molecule has 0 bridgehead atoms.